The van der Waals surface area contributed by atoms with E-state index in [1.807, 2.05) is 25.1 Å². The maximum absolute atomic E-state index is 5.59. The Hall–Kier alpha value is -2.95. The van der Waals surface area contributed by atoms with Gasteiger partial charge in [-0.2, -0.15) is 0 Å². The molecule has 28 heavy (non-hydrogen) atoms. The van der Waals surface area contributed by atoms with Crippen molar-refractivity contribution < 1.29 is 4.74 Å². The SMILES string of the molecule is CCOc1ccc(-c2nc3c4n[se]nc4ccc3n2Cc2ccccc2)cc1. The topological polar surface area (TPSA) is 52.8 Å². The Morgan fingerprint density at radius 1 is 0.893 bits per heavy atom. The molecule has 0 spiro atoms. The van der Waals surface area contributed by atoms with Crippen LogP contribution in [-0.2, 0) is 6.54 Å². The fourth-order valence-corrected chi connectivity index (χ4v) is 4.58. The molecular weight excluding hydrogens is 415 g/mol. The van der Waals surface area contributed by atoms with Crippen LogP contribution in [0.2, 0.25) is 0 Å². The number of hydrogen-bond acceptors (Lipinski definition) is 4. The van der Waals surface area contributed by atoms with E-state index in [0.29, 0.717) is 6.61 Å². The van der Waals surface area contributed by atoms with Crippen LogP contribution in [0.15, 0.2) is 66.7 Å². The van der Waals surface area contributed by atoms with Gasteiger partial charge in [0.25, 0.3) is 0 Å². The van der Waals surface area contributed by atoms with Gasteiger partial charge >= 0.3 is 169 Å². The van der Waals surface area contributed by atoms with Crippen molar-refractivity contribution in [3.8, 4) is 17.1 Å². The van der Waals surface area contributed by atoms with E-state index >= 15 is 0 Å². The monoisotopic (exact) mass is 434 g/mol. The molecule has 3 aromatic carbocycles. The van der Waals surface area contributed by atoms with Crippen LogP contribution in [0, 0.1) is 0 Å². The van der Waals surface area contributed by atoms with Gasteiger partial charge in [0.15, 0.2) is 0 Å². The first kappa shape index (κ1) is 17.2. The third kappa shape index (κ3) is 3.01. The average Bonchev–Trinajstić information content (AvgIpc) is 3.34. The molecule has 6 heteroatoms. The molecule has 2 heterocycles. The van der Waals surface area contributed by atoms with Crippen LogP contribution in [0.3, 0.4) is 0 Å². The first-order chi connectivity index (χ1) is 13.8. The molecule has 0 saturated carbocycles. The number of nitrogens with zero attached hydrogens (tertiary/aromatic N) is 4. The first-order valence-corrected chi connectivity index (χ1v) is 10.8. The second kappa shape index (κ2) is 7.23. The van der Waals surface area contributed by atoms with E-state index in [2.05, 4.69) is 61.1 Å². The minimum absolute atomic E-state index is 0.0703. The van der Waals surface area contributed by atoms with Crippen molar-refractivity contribution in [3.05, 3.63) is 72.3 Å². The molecule has 5 rings (SSSR count). The molecule has 0 bridgehead atoms. The van der Waals surface area contributed by atoms with Crippen molar-refractivity contribution in [1.29, 1.82) is 0 Å². The van der Waals surface area contributed by atoms with Crippen molar-refractivity contribution in [2.24, 2.45) is 0 Å². The van der Waals surface area contributed by atoms with Crippen molar-refractivity contribution in [2.75, 3.05) is 6.61 Å². The van der Waals surface area contributed by atoms with E-state index in [0.717, 1.165) is 45.7 Å². The molecule has 0 radical (unpaired) electrons. The zero-order valence-electron chi connectivity index (χ0n) is 15.4. The molecule has 0 N–H and O–H groups in total. The summed E-state index contributed by atoms with van der Waals surface area (Å²) in [7, 11) is 0. The predicted molar refractivity (Wildman–Crippen MR) is 112 cm³/mol. The van der Waals surface area contributed by atoms with Gasteiger partial charge in [0.05, 0.1) is 0 Å². The molecule has 5 aromatic rings. The Kier molecular flexibility index (Phi) is 4.43. The summed E-state index contributed by atoms with van der Waals surface area (Å²) in [4.78, 5) is 5.00. The second-order valence-corrected chi connectivity index (χ2v) is 7.64. The van der Waals surface area contributed by atoms with E-state index in [-0.39, 0.29) is 15.0 Å². The molecule has 2 aromatic heterocycles. The van der Waals surface area contributed by atoms with Gasteiger partial charge in [-0.3, -0.25) is 0 Å². The fourth-order valence-electron chi connectivity index (χ4n) is 3.45. The molecule has 0 fully saturated rings. The standard InChI is InChI=1S/C22H18N4OSe/c1-2-27-17-10-8-16(9-11-17)22-23-21-19(13-12-18-20(21)25-28-24-18)26(22)14-15-6-4-3-5-7-15/h3-13H,2,14H2,1H3. The number of imidazole rings is 1. The molecule has 138 valence electrons. The summed E-state index contributed by atoms with van der Waals surface area (Å²) >= 11 is -0.0703. The second-order valence-electron chi connectivity index (χ2n) is 6.53. The molecular formula is C22H18N4OSe. The van der Waals surface area contributed by atoms with Crippen molar-refractivity contribution in [3.63, 3.8) is 0 Å². The van der Waals surface area contributed by atoms with Crippen LogP contribution in [0.25, 0.3) is 33.5 Å². The summed E-state index contributed by atoms with van der Waals surface area (Å²) in [6.07, 6.45) is 0. The molecule has 5 nitrogen and oxygen atoms in total. The number of benzene rings is 3. The van der Waals surface area contributed by atoms with Crippen molar-refractivity contribution in [1.82, 2.24) is 17.5 Å². The van der Waals surface area contributed by atoms with E-state index < -0.39 is 0 Å². The van der Waals surface area contributed by atoms with Crippen molar-refractivity contribution in [2.45, 2.75) is 13.5 Å². The minimum atomic E-state index is -0.0703. The van der Waals surface area contributed by atoms with Crippen LogP contribution < -0.4 is 4.74 Å². The van der Waals surface area contributed by atoms with Gasteiger partial charge in [-0.15, -0.1) is 0 Å². The number of ether oxygens (including phenoxy) is 1. The van der Waals surface area contributed by atoms with E-state index in [1.54, 1.807) is 0 Å². The van der Waals surface area contributed by atoms with E-state index in [1.165, 1.54) is 5.56 Å². The molecule has 0 amide bonds. The van der Waals surface area contributed by atoms with E-state index in [4.69, 9.17) is 9.72 Å². The molecule has 0 aliphatic heterocycles. The third-order valence-electron chi connectivity index (χ3n) is 4.75. The summed E-state index contributed by atoms with van der Waals surface area (Å²) < 4.78 is 17.0. The van der Waals surface area contributed by atoms with Gasteiger partial charge < -0.3 is 0 Å². The Labute approximate surface area is 168 Å². The summed E-state index contributed by atoms with van der Waals surface area (Å²) in [5.74, 6) is 1.80. The maximum atomic E-state index is 5.59. The van der Waals surface area contributed by atoms with E-state index in [9.17, 15) is 0 Å². The van der Waals surface area contributed by atoms with Gasteiger partial charge in [-0.1, -0.05) is 0 Å². The predicted octanol–water partition coefficient (Wildman–Crippen LogP) is 4.15. The van der Waals surface area contributed by atoms with Gasteiger partial charge in [0, 0.05) is 0 Å². The Bertz CT molecular complexity index is 1240. The van der Waals surface area contributed by atoms with Gasteiger partial charge in [0.1, 0.15) is 0 Å². The Balaban J connectivity index is 1.70. The van der Waals surface area contributed by atoms with Crippen LogP contribution in [-0.4, -0.2) is 39.1 Å². The van der Waals surface area contributed by atoms with Crippen LogP contribution >= 0.6 is 0 Å². The molecule has 0 aliphatic carbocycles. The quantitative estimate of drug-likeness (QED) is 0.391. The fraction of sp³-hybridized carbons (Fsp3) is 0.136. The normalized spacial score (nSPS) is 11.3. The molecule has 0 saturated heterocycles. The third-order valence-corrected chi connectivity index (χ3v) is 5.89. The summed E-state index contributed by atoms with van der Waals surface area (Å²) in [6.45, 7) is 3.40. The van der Waals surface area contributed by atoms with Crippen molar-refractivity contribution >= 4 is 37.0 Å². The van der Waals surface area contributed by atoms with Gasteiger partial charge in [0.2, 0.25) is 0 Å². The first-order valence-electron chi connectivity index (χ1n) is 9.22. The molecule has 0 atom stereocenters. The van der Waals surface area contributed by atoms with Crippen LogP contribution in [0.5, 0.6) is 5.75 Å². The van der Waals surface area contributed by atoms with Crippen LogP contribution in [0.4, 0.5) is 0 Å². The zero-order chi connectivity index (χ0) is 18.9. The molecule has 0 aliphatic rings. The number of aromatic nitrogens is 4. The summed E-state index contributed by atoms with van der Waals surface area (Å²) in [6, 6.07) is 22.8. The number of hydrogen-bond donors (Lipinski definition) is 0. The molecule has 0 unspecified atom stereocenters. The Morgan fingerprint density at radius 3 is 2.50 bits per heavy atom. The number of fused-ring (bicyclic) bond motifs is 3. The summed E-state index contributed by atoms with van der Waals surface area (Å²) in [5.41, 5.74) is 6.19. The van der Waals surface area contributed by atoms with Gasteiger partial charge in [-0.25, -0.2) is 0 Å². The zero-order valence-corrected chi connectivity index (χ0v) is 17.1. The average molecular weight is 433 g/mol. The number of rotatable bonds is 5. The summed E-state index contributed by atoms with van der Waals surface area (Å²) in [5, 5.41) is 0. The van der Waals surface area contributed by atoms with Crippen LogP contribution in [0.1, 0.15) is 12.5 Å². The Morgan fingerprint density at radius 2 is 1.71 bits per heavy atom. The van der Waals surface area contributed by atoms with Gasteiger partial charge in [-0.05, 0) is 0 Å².